The molecule has 0 fully saturated rings. The molecule has 17 heavy (non-hydrogen) atoms. The molecule has 1 aromatic carbocycles. The van der Waals surface area contributed by atoms with Gasteiger partial charge in [-0.1, -0.05) is 30.0 Å². The van der Waals surface area contributed by atoms with Gasteiger partial charge in [0.25, 0.3) is 0 Å². The number of aliphatic carboxylic acids is 1. The van der Waals surface area contributed by atoms with Gasteiger partial charge in [-0.15, -0.1) is 0 Å². The van der Waals surface area contributed by atoms with Crippen molar-refractivity contribution in [2.45, 2.75) is 19.3 Å². The van der Waals surface area contributed by atoms with Gasteiger partial charge in [0.2, 0.25) is 0 Å². The van der Waals surface area contributed by atoms with Crippen LogP contribution in [0.15, 0.2) is 24.3 Å². The van der Waals surface area contributed by atoms with Crippen LogP contribution in [0.2, 0.25) is 0 Å². The summed E-state index contributed by atoms with van der Waals surface area (Å²) in [7, 11) is 0. The molecule has 1 N–H and O–H groups in total. The van der Waals surface area contributed by atoms with Crippen molar-refractivity contribution >= 4 is 22.8 Å². The van der Waals surface area contributed by atoms with E-state index >= 15 is 0 Å². The summed E-state index contributed by atoms with van der Waals surface area (Å²) < 4.78 is 13.6. The molecule has 0 bridgehead atoms. The van der Waals surface area contributed by atoms with Gasteiger partial charge >= 0.3 is 5.97 Å². The van der Waals surface area contributed by atoms with E-state index < -0.39 is 17.2 Å². The number of carboxylic acid groups (broad SMARTS) is 1. The Kier molecular flexibility index (Phi) is 4.28. The van der Waals surface area contributed by atoms with Crippen molar-refractivity contribution in [2.24, 2.45) is 0 Å². The molecule has 0 radical (unpaired) electrons. The minimum atomic E-state index is -1.40. The van der Waals surface area contributed by atoms with Gasteiger partial charge in [0.15, 0.2) is 5.12 Å². The lowest BCUT2D eigenvalue weighted by Gasteiger charge is -2.24. The summed E-state index contributed by atoms with van der Waals surface area (Å²) in [5.74, 6) is -1.70. The Labute approximate surface area is 103 Å². The summed E-state index contributed by atoms with van der Waals surface area (Å²) in [4.78, 5) is 22.2. The first-order valence-corrected chi connectivity index (χ1v) is 5.98. The second-order valence-electron chi connectivity index (χ2n) is 3.90. The molecule has 0 saturated heterocycles. The van der Waals surface area contributed by atoms with Crippen LogP contribution in [0.4, 0.5) is 4.39 Å². The SMILES string of the molecule is CC(=O)SCC(C)(C(=O)O)c1ccccc1F. The molecule has 0 heterocycles. The Morgan fingerprint density at radius 1 is 1.41 bits per heavy atom. The Bertz CT molecular complexity index is 447. The third-order valence-electron chi connectivity index (χ3n) is 2.50. The molecule has 0 aliphatic carbocycles. The summed E-state index contributed by atoms with van der Waals surface area (Å²) in [5, 5.41) is 9.05. The van der Waals surface area contributed by atoms with E-state index in [1.165, 1.54) is 32.0 Å². The smallest absolute Gasteiger partial charge is 0.314 e. The van der Waals surface area contributed by atoms with E-state index in [2.05, 4.69) is 0 Å². The molecule has 0 amide bonds. The highest BCUT2D eigenvalue weighted by molar-refractivity contribution is 8.13. The van der Waals surface area contributed by atoms with Crippen LogP contribution in [0.1, 0.15) is 19.4 Å². The zero-order valence-electron chi connectivity index (χ0n) is 9.57. The van der Waals surface area contributed by atoms with E-state index in [0.717, 1.165) is 11.8 Å². The lowest BCUT2D eigenvalue weighted by molar-refractivity contribution is -0.142. The topological polar surface area (TPSA) is 54.4 Å². The van der Waals surface area contributed by atoms with Crippen molar-refractivity contribution in [1.82, 2.24) is 0 Å². The van der Waals surface area contributed by atoms with Crippen LogP contribution in [-0.2, 0) is 15.0 Å². The summed E-state index contributed by atoms with van der Waals surface area (Å²) in [6.45, 7) is 2.78. The van der Waals surface area contributed by atoms with Crippen molar-refractivity contribution in [3.05, 3.63) is 35.6 Å². The van der Waals surface area contributed by atoms with Gasteiger partial charge in [0.05, 0.1) is 0 Å². The summed E-state index contributed by atoms with van der Waals surface area (Å²) >= 11 is 0.884. The number of benzene rings is 1. The molecule has 1 aromatic rings. The van der Waals surface area contributed by atoms with Gasteiger partial charge in [-0.2, -0.15) is 0 Å². The quantitative estimate of drug-likeness (QED) is 0.899. The molecule has 0 aliphatic heterocycles. The predicted octanol–water partition coefficient (Wildman–Crippen LogP) is 2.45. The number of hydrogen-bond donors (Lipinski definition) is 1. The summed E-state index contributed by atoms with van der Waals surface area (Å²) in [6.07, 6.45) is 0. The second kappa shape index (κ2) is 5.31. The van der Waals surface area contributed by atoms with E-state index in [-0.39, 0.29) is 16.4 Å². The molecule has 1 unspecified atom stereocenters. The standard InChI is InChI=1S/C12H13FO3S/c1-8(14)17-7-12(2,11(15)16)9-5-3-4-6-10(9)13/h3-6H,7H2,1-2H3,(H,15,16). The molecule has 92 valence electrons. The first kappa shape index (κ1) is 13.7. The molecule has 1 rings (SSSR count). The van der Waals surface area contributed by atoms with Gasteiger partial charge in [-0.05, 0) is 13.0 Å². The Balaban J connectivity index is 3.12. The summed E-state index contributed by atoms with van der Waals surface area (Å²) in [6, 6.07) is 5.73. The van der Waals surface area contributed by atoms with Gasteiger partial charge in [0.1, 0.15) is 11.2 Å². The summed E-state index contributed by atoms with van der Waals surface area (Å²) in [5.41, 5.74) is -1.30. The Morgan fingerprint density at radius 2 is 2.00 bits per heavy atom. The number of carbonyl (C=O) groups excluding carboxylic acids is 1. The largest absolute Gasteiger partial charge is 0.481 e. The number of carboxylic acids is 1. The third-order valence-corrected chi connectivity index (χ3v) is 3.63. The molecular weight excluding hydrogens is 243 g/mol. The monoisotopic (exact) mass is 256 g/mol. The fourth-order valence-corrected chi connectivity index (χ4v) is 2.18. The maximum absolute atomic E-state index is 13.6. The van der Waals surface area contributed by atoms with Crippen LogP contribution >= 0.6 is 11.8 Å². The lowest BCUT2D eigenvalue weighted by Crippen LogP contribution is -2.36. The second-order valence-corrected chi connectivity index (χ2v) is 5.05. The average molecular weight is 256 g/mol. The number of carbonyl (C=O) groups is 2. The average Bonchev–Trinajstić information content (AvgIpc) is 2.26. The normalized spacial score (nSPS) is 14.1. The van der Waals surface area contributed by atoms with E-state index in [4.69, 9.17) is 0 Å². The predicted molar refractivity (Wildman–Crippen MR) is 64.5 cm³/mol. The van der Waals surface area contributed by atoms with Crippen molar-refractivity contribution in [1.29, 1.82) is 0 Å². The minimum absolute atomic E-state index is 0.0125. The lowest BCUT2D eigenvalue weighted by atomic mass is 9.84. The minimum Gasteiger partial charge on any atom is -0.481 e. The van der Waals surface area contributed by atoms with Crippen molar-refractivity contribution in [2.75, 3.05) is 5.75 Å². The zero-order chi connectivity index (χ0) is 13.1. The van der Waals surface area contributed by atoms with Gasteiger partial charge in [0, 0.05) is 18.2 Å². The van der Waals surface area contributed by atoms with E-state index in [1.807, 2.05) is 0 Å². The molecule has 1 atom stereocenters. The fourth-order valence-electron chi connectivity index (χ4n) is 1.41. The van der Waals surface area contributed by atoms with E-state index in [9.17, 15) is 19.1 Å². The van der Waals surface area contributed by atoms with Crippen LogP contribution in [0.25, 0.3) is 0 Å². The maximum atomic E-state index is 13.6. The third kappa shape index (κ3) is 3.06. The van der Waals surface area contributed by atoms with Crippen molar-refractivity contribution in [3.8, 4) is 0 Å². The van der Waals surface area contributed by atoms with Crippen LogP contribution < -0.4 is 0 Å². The highest BCUT2D eigenvalue weighted by Gasteiger charge is 2.37. The van der Waals surface area contributed by atoms with Gasteiger partial charge < -0.3 is 5.11 Å². The molecule has 5 heteroatoms. The van der Waals surface area contributed by atoms with Crippen LogP contribution in [0, 0.1) is 5.82 Å². The molecule has 0 spiro atoms. The molecule has 0 saturated carbocycles. The Morgan fingerprint density at radius 3 is 2.47 bits per heavy atom. The van der Waals surface area contributed by atoms with Crippen LogP contribution in [0.3, 0.4) is 0 Å². The number of hydrogen-bond acceptors (Lipinski definition) is 3. The maximum Gasteiger partial charge on any atom is 0.314 e. The number of thioether (sulfide) groups is 1. The van der Waals surface area contributed by atoms with Crippen LogP contribution in [0.5, 0.6) is 0 Å². The first-order chi connectivity index (χ1) is 7.88. The van der Waals surface area contributed by atoms with Crippen molar-refractivity contribution in [3.63, 3.8) is 0 Å². The van der Waals surface area contributed by atoms with Crippen molar-refractivity contribution < 1.29 is 19.1 Å². The van der Waals surface area contributed by atoms with E-state index in [0.29, 0.717) is 0 Å². The van der Waals surface area contributed by atoms with Gasteiger partial charge in [-0.3, -0.25) is 9.59 Å². The number of halogens is 1. The molecule has 0 aliphatic rings. The highest BCUT2D eigenvalue weighted by atomic mass is 32.2. The van der Waals surface area contributed by atoms with Crippen LogP contribution in [-0.4, -0.2) is 21.9 Å². The fraction of sp³-hybridized carbons (Fsp3) is 0.333. The van der Waals surface area contributed by atoms with E-state index in [1.54, 1.807) is 6.07 Å². The Hall–Kier alpha value is -1.36. The number of rotatable bonds is 4. The molecular formula is C12H13FO3S. The highest BCUT2D eigenvalue weighted by Crippen LogP contribution is 2.30. The zero-order valence-corrected chi connectivity index (χ0v) is 10.4. The first-order valence-electron chi connectivity index (χ1n) is 4.99. The molecule has 0 aromatic heterocycles. The van der Waals surface area contributed by atoms with Gasteiger partial charge in [-0.25, -0.2) is 4.39 Å². The molecule has 3 nitrogen and oxygen atoms in total.